The lowest BCUT2D eigenvalue weighted by Gasteiger charge is -2.42. The first-order valence-corrected chi connectivity index (χ1v) is 11.5. The Morgan fingerprint density at radius 2 is 1.55 bits per heavy atom. The highest BCUT2D eigenvalue weighted by Crippen LogP contribution is 2.30. The topological polar surface area (TPSA) is 52.7 Å². The molecule has 2 saturated heterocycles. The maximum absolute atomic E-state index is 13.0. The van der Waals surface area contributed by atoms with Crippen molar-refractivity contribution >= 4 is 11.8 Å². The number of carbonyl (C=O) groups excluding carboxylic acids is 2. The molecule has 1 saturated carbocycles. The smallest absolute Gasteiger partial charge is 0.236 e. The third kappa shape index (κ3) is 5.59. The molecule has 0 aromatic rings. The number of allylic oxidation sites excluding steroid dienone is 4. The van der Waals surface area contributed by atoms with Crippen molar-refractivity contribution in [3.63, 3.8) is 0 Å². The molecule has 2 amide bonds. The lowest BCUT2D eigenvalue weighted by Crippen LogP contribution is -2.49. The van der Waals surface area contributed by atoms with Gasteiger partial charge < -0.3 is 15.1 Å². The van der Waals surface area contributed by atoms with Gasteiger partial charge in [-0.2, -0.15) is 0 Å². The van der Waals surface area contributed by atoms with E-state index >= 15 is 0 Å². The van der Waals surface area contributed by atoms with E-state index in [-0.39, 0.29) is 24.3 Å². The summed E-state index contributed by atoms with van der Waals surface area (Å²) in [4.78, 5) is 29.7. The van der Waals surface area contributed by atoms with E-state index in [1.165, 1.54) is 44.9 Å². The van der Waals surface area contributed by atoms with Gasteiger partial charge in [-0.25, -0.2) is 0 Å². The van der Waals surface area contributed by atoms with Crippen LogP contribution in [-0.4, -0.2) is 46.8 Å². The molecule has 1 aliphatic carbocycles. The maximum atomic E-state index is 13.0. The number of hydrogen-bond acceptors (Lipinski definition) is 3. The number of carbonyl (C=O) groups is 2. The molecule has 2 aliphatic heterocycles. The minimum atomic E-state index is -0.219. The largest absolute Gasteiger partial charge is 0.324 e. The lowest BCUT2D eigenvalue weighted by atomic mass is 9.93. The predicted octanol–water partition coefficient (Wildman–Crippen LogP) is 4.28. The van der Waals surface area contributed by atoms with Crippen LogP contribution in [0.5, 0.6) is 0 Å². The molecular weight excluding hydrogens is 362 g/mol. The molecule has 0 spiro atoms. The zero-order valence-corrected chi connectivity index (χ0v) is 18.2. The Bertz CT molecular complexity index is 664. The molecule has 0 bridgehead atoms. The van der Waals surface area contributed by atoms with Crippen LogP contribution in [-0.2, 0) is 9.59 Å². The van der Waals surface area contributed by atoms with Gasteiger partial charge in [-0.1, -0.05) is 50.3 Å². The molecule has 2 heterocycles. The van der Waals surface area contributed by atoms with Gasteiger partial charge in [0.05, 0.1) is 11.4 Å². The summed E-state index contributed by atoms with van der Waals surface area (Å²) in [5, 5.41) is 2.91. The van der Waals surface area contributed by atoms with Gasteiger partial charge in [0.1, 0.15) is 6.42 Å². The molecule has 0 atom stereocenters. The molecule has 0 radical (unpaired) electrons. The number of piperidine rings is 1. The van der Waals surface area contributed by atoms with Gasteiger partial charge in [0.2, 0.25) is 11.8 Å². The molecule has 29 heavy (non-hydrogen) atoms. The maximum Gasteiger partial charge on any atom is 0.236 e. The van der Waals surface area contributed by atoms with Crippen LogP contribution in [0.4, 0.5) is 0 Å². The van der Waals surface area contributed by atoms with Gasteiger partial charge in [-0.3, -0.25) is 9.59 Å². The highest BCUT2D eigenvalue weighted by atomic mass is 16.2. The molecule has 3 rings (SSSR count). The number of likely N-dealkylation sites (tertiary alicyclic amines) is 1. The number of nitrogens with one attached hydrogen (secondary N) is 1. The van der Waals surface area contributed by atoms with Crippen molar-refractivity contribution in [2.45, 2.75) is 90.1 Å². The zero-order valence-electron chi connectivity index (χ0n) is 18.2. The van der Waals surface area contributed by atoms with Crippen LogP contribution in [0.15, 0.2) is 35.7 Å². The van der Waals surface area contributed by atoms with E-state index in [1.807, 2.05) is 43.1 Å². The van der Waals surface area contributed by atoms with E-state index in [2.05, 4.69) is 10.2 Å². The number of rotatable bonds is 3. The summed E-state index contributed by atoms with van der Waals surface area (Å²) in [5.74, 6) is -0.302. The summed E-state index contributed by atoms with van der Waals surface area (Å²) >= 11 is 0. The van der Waals surface area contributed by atoms with Gasteiger partial charge in [-0.05, 0) is 45.6 Å². The molecular formula is C24H37N3O2. The van der Waals surface area contributed by atoms with E-state index < -0.39 is 0 Å². The summed E-state index contributed by atoms with van der Waals surface area (Å²) in [5.41, 5.74) is 1.56. The van der Waals surface area contributed by atoms with Gasteiger partial charge in [0.25, 0.3) is 0 Å². The van der Waals surface area contributed by atoms with E-state index in [4.69, 9.17) is 0 Å². The van der Waals surface area contributed by atoms with Crippen molar-refractivity contribution < 1.29 is 9.59 Å². The van der Waals surface area contributed by atoms with Crippen molar-refractivity contribution in [3.8, 4) is 0 Å². The first-order chi connectivity index (χ1) is 14.1. The second-order valence-corrected chi connectivity index (χ2v) is 8.53. The second-order valence-electron chi connectivity index (χ2n) is 8.53. The Kier molecular flexibility index (Phi) is 8.10. The first kappa shape index (κ1) is 21.8. The van der Waals surface area contributed by atoms with Gasteiger partial charge in [0.15, 0.2) is 0 Å². The number of nitrogens with zero attached hydrogens (tertiary/aromatic N) is 2. The molecule has 0 aromatic carbocycles. The van der Waals surface area contributed by atoms with Crippen molar-refractivity contribution in [1.29, 1.82) is 0 Å². The molecule has 5 nitrogen and oxygen atoms in total. The normalized spacial score (nSPS) is 27.3. The predicted molar refractivity (Wildman–Crippen MR) is 117 cm³/mol. The SMILES string of the molecule is CC=C1NC(=O)CC(=O)N(C2CCN(C3CCCCCCC3)CC2)/C1=C/C=C\C. The van der Waals surface area contributed by atoms with Crippen molar-refractivity contribution in [3.05, 3.63) is 35.7 Å². The van der Waals surface area contributed by atoms with E-state index in [0.717, 1.165) is 37.3 Å². The fourth-order valence-corrected chi connectivity index (χ4v) is 5.03. The Labute approximate surface area is 175 Å². The van der Waals surface area contributed by atoms with Crippen molar-refractivity contribution in [2.24, 2.45) is 0 Å². The second kappa shape index (κ2) is 10.8. The van der Waals surface area contributed by atoms with Crippen LogP contribution in [0.2, 0.25) is 0 Å². The van der Waals surface area contributed by atoms with Crippen LogP contribution >= 0.6 is 0 Å². The molecule has 3 aliphatic rings. The Morgan fingerprint density at radius 3 is 2.17 bits per heavy atom. The molecule has 3 fully saturated rings. The standard InChI is InChI=1S/C24H37N3O2/c1-3-5-13-22-21(4-2)25-23(28)18-24(29)27(22)20-14-16-26(17-15-20)19-11-9-7-6-8-10-12-19/h3-5,13,19-20H,6-12,14-18H2,1-2H3,(H,25,28)/b5-3-,21-4?,22-13+. The summed E-state index contributed by atoms with van der Waals surface area (Å²) in [6.45, 7) is 5.96. The van der Waals surface area contributed by atoms with Crippen LogP contribution in [0, 0.1) is 0 Å². The minimum Gasteiger partial charge on any atom is -0.324 e. The zero-order chi connectivity index (χ0) is 20.6. The fourth-order valence-electron chi connectivity index (χ4n) is 5.03. The van der Waals surface area contributed by atoms with Crippen molar-refractivity contribution in [2.75, 3.05) is 13.1 Å². The Balaban J connectivity index is 1.73. The summed E-state index contributed by atoms with van der Waals surface area (Å²) in [6.07, 6.45) is 19.1. The summed E-state index contributed by atoms with van der Waals surface area (Å²) in [7, 11) is 0. The molecule has 0 unspecified atom stereocenters. The van der Waals surface area contributed by atoms with Crippen LogP contribution < -0.4 is 5.32 Å². The van der Waals surface area contributed by atoms with Gasteiger partial charge >= 0.3 is 0 Å². The van der Waals surface area contributed by atoms with Crippen LogP contribution in [0.3, 0.4) is 0 Å². The van der Waals surface area contributed by atoms with E-state index in [0.29, 0.717) is 6.04 Å². The Morgan fingerprint density at radius 1 is 0.897 bits per heavy atom. The summed E-state index contributed by atoms with van der Waals surface area (Å²) in [6, 6.07) is 0.870. The lowest BCUT2D eigenvalue weighted by molar-refractivity contribution is -0.135. The molecule has 5 heteroatoms. The monoisotopic (exact) mass is 399 g/mol. The average Bonchev–Trinajstić information content (AvgIpc) is 2.81. The highest BCUT2D eigenvalue weighted by Gasteiger charge is 2.36. The number of amides is 2. The minimum absolute atomic E-state index is 0.0760. The molecule has 1 N–H and O–H groups in total. The van der Waals surface area contributed by atoms with Gasteiger partial charge in [-0.15, -0.1) is 0 Å². The van der Waals surface area contributed by atoms with Crippen molar-refractivity contribution in [1.82, 2.24) is 15.1 Å². The quantitative estimate of drug-likeness (QED) is 0.721. The van der Waals surface area contributed by atoms with Gasteiger partial charge in [0, 0.05) is 25.2 Å². The highest BCUT2D eigenvalue weighted by molar-refractivity contribution is 6.00. The van der Waals surface area contributed by atoms with E-state index in [9.17, 15) is 9.59 Å². The third-order valence-corrected chi connectivity index (χ3v) is 6.58. The third-order valence-electron chi connectivity index (χ3n) is 6.58. The fraction of sp³-hybridized carbons (Fsp3) is 0.667. The molecule has 160 valence electrons. The van der Waals surface area contributed by atoms with Crippen LogP contribution in [0.25, 0.3) is 0 Å². The first-order valence-electron chi connectivity index (χ1n) is 11.5. The number of hydrogen-bond donors (Lipinski definition) is 1. The Hall–Kier alpha value is -1.88. The van der Waals surface area contributed by atoms with E-state index in [1.54, 1.807) is 0 Å². The van der Waals surface area contributed by atoms with Crippen LogP contribution in [0.1, 0.15) is 78.1 Å². The summed E-state index contributed by atoms with van der Waals surface area (Å²) < 4.78 is 0. The average molecular weight is 400 g/mol. The molecule has 0 aromatic heterocycles.